The van der Waals surface area contributed by atoms with Gasteiger partial charge in [0.25, 0.3) is 0 Å². The fraction of sp³-hybridized carbons (Fsp3) is 0.545. The van der Waals surface area contributed by atoms with E-state index in [1.54, 1.807) is 0 Å². The lowest BCUT2D eigenvalue weighted by molar-refractivity contribution is 0.155. The minimum atomic E-state index is 0.567. The van der Waals surface area contributed by atoms with Crippen molar-refractivity contribution in [1.29, 1.82) is 0 Å². The highest BCUT2D eigenvalue weighted by atomic mass is 16.5. The van der Waals surface area contributed by atoms with E-state index >= 15 is 0 Å². The van der Waals surface area contributed by atoms with Gasteiger partial charge in [0.1, 0.15) is 0 Å². The number of pyridine rings is 1. The maximum absolute atomic E-state index is 5.35. The zero-order valence-corrected chi connectivity index (χ0v) is 8.52. The van der Waals surface area contributed by atoms with Gasteiger partial charge in [0.05, 0.1) is 12.3 Å². The van der Waals surface area contributed by atoms with Gasteiger partial charge in [-0.25, -0.2) is 0 Å². The molecule has 1 fully saturated rings. The van der Waals surface area contributed by atoms with Crippen LogP contribution in [0.5, 0.6) is 0 Å². The fourth-order valence-corrected chi connectivity index (χ4v) is 1.75. The van der Waals surface area contributed by atoms with Gasteiger partial charge in [0, 0.05) is 25.4 Å². The molecule has 3 nitrogen and oxygen atoms in total. The van der Waals surface area contributed by atoms with Gasteiger partial charge in [-0.15, -0.1) is 0 Å². The summed E-state index contributed by atoms with van der Waals surface area (Å²) in [7, 11) is 2.13. The minimum Gasteiger partial charge on any atom is -0.380 e. The third-order valence-corrected chi connectivity index (χ3v) is 2.67. The summed E-state index contributed by atoms with van der Waals surface area (Å²) >= 11 is 0. The van der Waals surface area contributed by atoms with Crippen LogP contribution in [0.3, 0.4) is 0 Å². The number of hydrogen-bond acceptors (Lipinski definition) is 3. The van der Waals surface area contributed by atoms with Gasteiger partial charge in [-0.3, -0.25) is 9.88 Å². The standard InChI is InChI=1S/C11H16N2O/c1-13(11-5-7-14-9-11)8-10-4-2-3-6-12-10/h2-4,6,11H,5,7-9H2,1H3. The number of likely N-dealkylation sites (N-methyl/N-ethyl adjacent to an activating group) is 1. The second kappa shape index (κ2) is 4.53. The molecule has 1 unspecified atom stereocenters. The molecule has 14 heavy (non-hydrogen) atoms. The molecule has 1 aromatic rings. The Kier molecular flexibility index (Phi) is 3.11. The Morgan fingerprint density at radius 2 is 2.50 bits per heavy atom. The van der Waals surface area contributed by atoms with Crippen molar-refractivity contribution in [1.82, 2.24) is 9.88 Å². The zero-order chi connectivity index (χ0) is 9.80. The predicted molar refractivity (Wildman–Crippen MR) is 54.9 cm³/mol. The molecule has 0 amide bonds. The summed E-state index contributed by atoms with van der Waals surface area (Å²) in [5.74, 6) is 0. The van der Waals surface area contributed by atoms with Gasteiger partial charge < -0.3 is 4.74 Å². The van der Waals surface area contributed by atoms with Crippen LogP contribution in [0.25, 0.3) is 0 Å². The monoisotopic (exact) mass is 192 g/mol. The molecule has 0 saturated carbocycles. The van der Waals surface area contributed by atoms with Gasteiger partial charge >= 0.3 is 0 Å². The lowest BCUT2D eigenvalue weighted by Gasteiger charge is -2.22. The lowest BCUT2D eigenvalue weighted by atomic mass is 10.2. The topological polar surface area (TPSA) is 25.4 Å². The summed E-state index contributed by atoms with van der Waals surface area (Å²) in [4.78, 5) is 6.62. The average molecular weight is 192 g/mol. The summed E-state index contributed by atoms with van der Waals surface area (Å²) in [5.41, 5.74) is 1.13. The Morgan fingerprint density at radius 1 is 1.57 bits per heavy atom. The Labute approximate surface area is 84.7 Å². The fourth-order valence-electron chi connectivity index (χ4n) is 1.75. The third-order valence-electron chi connectivity index (χ3n) is 2.67. The van der Waals surface area contributed by atoms with Crippen molar-refractivity contribution in [3.63, 3.8) is 0 Å². The molecule has 0 bridgehead atoms. The molecule has 1 aromatic heterocycles. The molecule has 2 rings (SSSR count). The molecule has 1 aliphatic heterocycles. The Morgan fingerprint density at radius 3 is 3.14 bits per heavy atom. The maximum Gasteiger partial charge on any atom is 0.0622 e. The molecule has 1 saturated heterocycles. The Hall–Kier alpha value is -0.930. The van der Waals surface area contributed by atoms with Crippen molar-refractivity contribution >= 4 is 0 Å². The highest BCUT2D eigenvalue weighted by Crippen LogP contribution is 2.12. The van der Waals surface area contributed by atoms with Gasteiger partial charge in [0.15, 0.2) is 0 Å². The van der Waals surface area contributed by atoms with Crippen LogP contribution in [0, 0.1) is 0 Å². The van der Waals surface area contributed by atoms with E-state index in [-0.39, 0.29) is 0 Å². The van der Waals surface area contributed by atoms with Gasteiger partial charge in [-0.2, -0.15) is 0 Å². The van der Waals surface area contributed by atoms with Gasteiger partial charge in [0.2, 0.25) is 0 Å². The highest BCUT2D eigenvalue weighted by molar-refractivity contribution is 5.03. The van der Waals surface area contributed by atoms with Crippen molar-refractivity contribution in [2.45, 2.75) is 19.0 Å². The summed E-state index contributed by atoms with van der Waals surface area (Å²) in [5, 5.41) is 0. The number of aromatic nitrogens is 1. The first-order valence-corrected chi connectivity index (χ1v) is 5.04. The van der Waals surface area contributed by atoms with E-state index in [0.29, 0.717) is 6.04 Å². The second-order valence-electron chi connectivity index (χ2n) is 3.75. The molecule has 0 aromatic carbocycles. The second-order valence-corrected chi connectivity index (χ2v) is 3.75. The highest BCUT2D eigenvalue weighted by Gasteiger charge is 2.20. The average Bonchev–Trinajstić information content (AvgIpc) is 2.72. The first-order chi connectivity index (χ1) is 6.86. The SMILES string of the molecule is CN(Cc1ccccn1)C1CCOC1. The minimum absolute atomic E-state index is 0.567. The van der Waals surface area contributed by atoms with Crippen molar-refractivity contribution in [3.05, 3.63) is 30.1 Å². The predicted octanol–water partition coefficient (Wildman–Crippen LogP) is 1.30. The van der Waals surface area contributed by atoms with Crippen LogP contribution in [0.1, 0.15) is 12.1 Å². The number of hydrogen-bond donors (Lipinski definition) is 0. The smallest absolute Gasteiger partial charge is 0.0622 e. The molecule has 3 heteroatoms. The van der Waals surface area contributed by atoms with Gasteiger partial charge in [-0.1, -0.05) is 6.07 Å². The Bertz CT molecular complexity index is 270. The summed E-state index contributed by atoms with van der Waals surface area (Å²) in [6.45, 7) is 2.68. The van der Waals surface area contributed by atoms with E-state index in [4.69, 9.17) is 4.74 Å². The zero-order valence-electron chi connectivity index (χ0n) is 8.52. The van der Waals surface area contributed by atoms with E-state index < -0.39 is 0 Å². The molecule has 1 aliphatic rings. The number of rotatable bonds is 3. The van der Waals surface area contributed by atoms with Crippen LogP contribution in [0.2, 0.25) is 0 Å². The van der Waals surface area contributed by atoms with Crippen molar-refractivity contribution in [2.75, 3.05) is 20.3 Å². The van der Waals surface area contributed by atoms with Crippen LogP contribution < -0.4 is 0 Å². The van der Waals surface area contributed by atoms with Crippen LogP contribution >= 0.6 is 0 Å². The summed E-state index contributed by atoms with van der Waals surface area (Å²) in [6.07, 6.45) is 2.98. The molecular formula is C11H16N2O. The van der Waals surface area contributed by atoms with E-state index in [1.807, 2.05) is 18.3 Å². The first kappa shape index (κ1) is 9.62. The summed E-state index contributed by atoms with van der Waals surface area (Å²) < 4.78 is 5.35. The lowest BCUT2D eigenvalue weighted by Crippen LogP contribution is -2.31. The van der Waals surface area contributed by atoms with Crippen LogP contribution in [0.15, 0.2) is 24.4 Å². The van der Waals surface area contributed by atoms with Crippen molar-refractivity contribution < 1.29 is 4.74 Å². The molecular weight excluding hydrogens is 176 g/mol. The van der Waals surface area contributed by atoms with E-state index in [2.05, 4.69) is 23.0 Å². The van der Waals surface area contributed by atoms with Crippen LogP contribution in [0.4, 0.5) is 0 Å². The first-order valence-electron chi connectivity index (χ1n) is 5.04. The number of ether oxygens (including phenoxy) is 1. The Balaban J connectivity index is 1.90. The van der Waals surface area contributed by atoms with Crippen molar-refractivity contribution in [2.24, 2.45) is 0 Å². The van der Waals surface area contributed by atoms with E-state index in [0.717, 1.165) is 31.9 Å². The summed E-state index contributed by atoms with van der Waals surface area (Å²) in [6, 6.07) is 6.60. The van der Waals surface area contributed by atoms with Crippen LogP contribution in [-0.2, 0) is 11.3 Å². The largest absolute Gasteiger partial charge is 0.380 e. The molecule has 0 radical (unpaired) electrons. The van der Waals surface area contributed by atoms with Crippen LogP contribution in [-0.4, -0.2) is 36.2 Å². The van der Waals surface area contributed by atoms with Gasteiger partial charge in [-0.05, 0) is 25.6 Å². The quantitative estimate of drug-likeness (QED) is 0.722. The normalized spacial score (nSPS) is 21.7. The third kappa shape index (κ3) is 2.30. The van der Waals surface area contributed by atoms with E-state index in [1.165, 1.54) is 0 Å². The molecule has 0 spiro atoms. The van der Waals surface area contributed by atoms with E-state index in [9.17, 15) is 0 Å². The molecule has 0 N–H and O–H groups in total. The molecule has 76 valence electrons. The molecule has 1 atom stereocenters. The maximum atomic E-state index is 5.35. The molecule has 2 heterocycles. The van der Waals surface area contributed by atoms with Crippen molar-refractivity contribution in [3.8, 4) is 0 Å². The number of nitrogens with zero attached hydrogens (tertiary/aromatic N) is 2. The molecule has 0 aliphatic carbocycles.